The van der Waals surface area contributed by atoms with Crippen molar-refractivity contribution in [3.63, 3.8) is 0 Å². The Morgan fingerprint density at radius 2 is 1.88 bits per heavy atom. The Kier molecular flexibility index (Phi) is 2.94. The number of hydrogen-bond donors (Lipinski definition) is 1. The summed E-state index contributed by atoms with van der Waals surface area (Å²) < 4.78 is 0. The normalized spacial score (nSPS) is 46.1. The van der Waals surface area contributed by atoms with Crippen molar-refractivity contribution in [2.45, 2.75) is 44.3 Å². The van der Waals surface area contributed by atoms with Gasteiger partial charge in [-0.15, -0.1) is 0 Å². The number of nitrogens with zero attached hydrogens (tertiary/aromatic N) is 2. The Morgan fingerprint density at radius 3 is 2.62 bits per heavy atom. The minimum Gasteiger partial charge on any atom is -0.315 e. The molecule has 3 rings (SSSR count). The summed E-state index contributed by atoms with van der Waals surface area (Å²) in [6.45, 7) is 7.46. The van der Waals surface area contributed by atoms with Crippen molar-refractivity contribution in [1.29, 1.82) is 0 Å². The van der Waals surface area contributed by atoms with E-state index < -0.39 is 0 Å². The van der Waals surface area contributed by atoms with Crippen molar-refractivity contribution in [3.05, 3.63) is 0 Å². The summed E-state index contributed by atoms with van der Waals surface area (Å²) in [6.07, 6.45) is 4.25. The first-order valence-electron chi connectivity index (χ1n) is 6.92. The van der Waals surface area contributed by atoms with E-state index in [1.54, 1.807) is 0 Å². The molecule has 3 fully saturated rings. The molecule has 0 aromatic carbocycles. The summed E-state index contributed by atoms with van der Waals surface area (Å²) in [6, 6.07) is 2.51. The number of rotatable bonds is 1. The van der Waals surface area contributed by atoms with E-state index in [1.165, 1.54) is 45.4 Å². The first-order chi connectivity index (χ1) is 7.75. The minimum atomic E-state index is 0.799. The smallest absolute Gasteiger partial charge is 0.0258 e. The van der Waals surface area contributed by atoms with Crippen molar-refractivity contribution < 1.29 is 0 Å². The second-order valence-corrected chi connectivity index (χ2v) is 6.04. The molecule has 0 aromatic rings. The van der Waals surface area contributed by atoms with Crippen molar-refractivity contribution in [1.82, 2.24) is 15.1 Å². The maximum absolute atomic E-state index is 3.54. The van der Waals surface area contributed by atoms with Crippen LogP contribution in [0.2, 0.25) is 0 Å². The largest absolute Gasteiger partial charge is 0.315 e. The second-order valence-electron chi connectivity index (χ2n) is 6.04. The standard InChI is InChI=1S/C13H25N3/c1-10-7-14-8-13(10)16-6-5-11-3-4-12(9-16)15(11)2/h10-14H,3-9H2,1-2H3. The lowest BCUT2D eigenvalue weighted by molar-refractivity contribution is 0.157. The SMILES string of the molecule is CC1CNCC1N1CCC2CCC(C1)N2C. The highest BCUT2D eigenvalue weighted by Crippen LogP contribution is 2.30. The van der Waals surface area contributed by atoms with Gasteiger partial charge in [-0.25, -0.2) is 0 Å². The van der Waals surface area contributed by atoms with Crippen LogP contribution in [0.25, 0.3) is 0 Å². The third kappa shape index (κ3) is 1.79. The van der Waals surface area contributed by atoms with E-state index in [4.69, 9.17) is 0 Å². The van der Waals surface area contributed by atoms with Gasteiger partial charge < -0.3 is 5.32 Å². The quantitative estimate of drug-likeness (QED) is 0.708. The summed E-state index contributed by atoms with van der Waals surface area (Å²) in [7, 11) is 2.34. The Bertz CT molecular complexity index is 256. The Balaban J connectivity index is 1.69. The Labute approximate surface area is 99.2 Å². The molecule has 0 aromatic heterocycles. The van der Waals surface area contributed by atoms with Gasteiger partial charge in [-0.05, 0) is 38.8 Å². The van der Waals surface area contributed by atoms with Crippen LogP contribution >= 0.6 is 0 Å². The van der Waals surface area contributed by atoms with Gasteiger partial charge in [0.2, 0.25) is 0 Å². The van der Waals surface area contributed by atoms with Crippen LogP contribution in [0.5, 0.6) is 0 Å². The van der Waals surface area contributed by atoms with Crippen molar-refractivity contribution in [2.24, 2.45) is 5.92 Å². The second kappa shape index (κ2) is 4.28. The molecule has 3 heterocycles. The van der Waals surface area contributed by atoms with E-state index in [-0.39, 0.29) is 0 Å². The van der Waals surface area contributed by atoms with Gasteiger partial charge in [-0.1, -0.05) is 6.92 Å². The molecule has 3 saturated heterocycles. The molecule has 3 nitrogen and oxygen atoms in total. The maximum atomic E-state index is 3.54. The van der Waals surface area contributed by atoms with Crippen molar-refractivity contribution >= 4 is 0 Å². The molecule has 0 amide bonds. The summed E-state index contributed by atoms with van der Waals surface area (Å²) >= 11 is 0. The lowest BCUT2D eigenvalue weighted by Gasteiger charge is -2.32. The van der Waals surface area contributed by atoms with Crippen molar-refractivity contribution in [2.75, 3.05) is 33.2 Å². The molecule has 0 spiro atoms. The predicted octanol–water partition coefficient (Wildman–Crippen LogP) is 0.763. The lowest BCUT2D eigenvalue weighted by atomic mass is 10.0. The topological polar surface area (TPSA) is 18.5 Å². The minimum absolute atomic E-state index is 0.799. The molecule has 4 atom stereocenters. The molecule has 92 valence electrons. The van der Waals surface area contributed by atoms with Gasteiger partial charge in [0.05, 0.1) is 0 Å². The summed E-state index contributed by atoms with van der Waals surface area (Å²) in [4.78, 5) is 5.41. The fourth-order valence-corrected chi connectivity index (χ4v) is 3.92. The molecule has 3 heteroatoms. The highest BCUT2D eigenvalue weighted by molar-refractivity contribution is 4.95. The number of hydrogen-bond acceptors (Lipinski definition) is 3. The van der Waals surface area contributed by atoms with E-state index in [0.29, 0.717) is 0 Å². The van der Waals surface area contributed by atoms with Crippen LogP contribution in [0.1, 0.15) is 26.2 Å². The zero-order valence-electron chi connectivity index (χ0n) is 10.7. The summed E-state index contributed by atoms with van der Waals surface area (Å²) in [5.41, 5.74) is 0. The van der Waals surface area contributed by atoms with Crippen LogP contribution in [0.15, 0.2) is 0 Å². The third-order valence-corrected chi connectivity index (χ3v) is 5.13. The van der Waals surface area contributed by atoms with Crippen LogP contribution in [0.4, 0.5) is 0 Å². The predicted molar refractivity (Wildman–Crippen MR) is 66.6 cm³/mol. The molecule has 16 heavy (non-hydrogen) atoms. The third-order valence-electron chi connectivity index (χ3n) is 5.13. The molecular weight excluding hydrogens is 198 g/mol. The van der Waals surface area contributed by atoms with Crippen LogP contribution in [0.3, 0.4) is 0 Å². The summed E-state index contributed by atoms with van der Waals surface area (Å²) in [5, 5.41) is 3.54. The zero-order valence-corrected chi connectivity index (χ0v) is 10.7. The maximum Gasteiger partial charge on any atom is 0.0258 e. The number of fused-ring (bicyclic) bond motifs is 2. The van der Waals surface area contributed by atoms with Gasteiger partial charge in [0.15, 0.2) is 0 Å². The van der Waals surface area contributed by atoms with E-state index in [2.05, 4.69) is 29.1 Å². The molecule has 3 aliphatic rings. The zero-order chi connectivity index (χ0) is 11.1. The molecule has 0 aliphatic carbocycles. The number of likely N-dealkylation sites (N-methyl/N-ethyl adjacent to an activating group) is 1. The van der Waals surface area contributed by atoms with Gasteiger partial charge >= 0.3 is 0 Å². The average molecular weight is 223 g/mol. The van der Waals surface area contributed by atoms with Crippen molar-refractivity contribution in [3.8, 4) is 0 Å². The van der Waals surface area contributed by atoms with Gasteiger partial charge in [0.1, 0.15) is 0 Å². The molecule has 0 saturated carbocycles. The lowest BCUT2D eigenvalue weighted by Crippen LogP contribution is -2.45. The molecule has 2 bridgehead atoms. The van der Waals surface area contributed by atoms with E-state index in [9.17, 15) is 0 Å². The molecule has 4 unspecified atom stereocenters. The molecule has 3 aliphatic heterocycles. The van der Waals surface area contributed by atoms with Crippen LogP contribution in [-0.4, -0.2) is 61.2 Å². The van der Waals surface area contributed by atoms with Gasteiger partial charge in [-0.2, -0.15) is 0 Å². The molecule has 1 N–H and O–H groups in total. The van der Waals surface area contributed by atoms with Crippen LogP contribution in [-0.2, 0) is 0 Å². The summed E-state index contributed by atoms with van der Waals surface area (Å²) in [5.74, 6) is 0.835. The first-order valence-corrected chi connectivity index (χ1v) is 6.92. The van der Waals surface area contributed by atoms with Crippen LogP contribution in [0, 0.1) is 5.92 Å². The number of likely N-dealkylation sites (tertiary alicyclic amines) is 1. The highest BCUT2D eigenvalue weighted by Gasteiger charge is 2.38. The van der Waals surface area contributed by atoms with Crippen LogP contribution < -0.4 is 5.32 Å². The molecular formula is C13H25N3. The van der Waals surface area contributed by atoms with Gasteiger partial charge in [0.25, 0.3) is 0 Å². The monoisotopic (exact) mass is 223 g/mol. The van der Waals surface area contributed by atoms with E-state index in [0.717, 1.165) is 24.0 Å². The van der Waals surface area contributed by atoms with Gasteiger partial charge in [0, 0.05) is 37.8 Å². The fraction of sp³-hybridized carbons (Fsp3) is 1.00. The van der Waals surface area contributed by atoms with E-state index in [1.807, 2.05) is 0 Å². The fourth-order valence-electron chi connectivity index (χ4n) is 3.92. The highest BCUT2D eigenvalue weighted by atomic mass is 15.3. The van der Waals surface area contributed by atoms with E-state index >= 15 is 0 Å². The first kappa shape index (κ1) is 11.0. The molecule has 0 radical (unpaired) electrons. The van der Waals surface area contributed by atoms with Gasteiger partial charge in [-0.3, -0.25) is 9.80 Å². The number of nitrogens with one attached hydrogen (secondary N) is 1. The Morgan fingerprint density at radius 1 is 1.06 bits per heavy atom. The average Bonchev–Trinajstić information content (AvgIpc) is 2.74. The Hall–Kier alpha value is -0.120.